The number of fused-ring (bicyclic) bond motifs is 1. The van der Waals surface area contributed by atoms with Gasteiger partial charge in [0.15, 0.2) is 0 Å². The molecular weight excluding hydrogens is 214 g/mol. The van der Waals surface area contributed by atoms with Gasteiger partial charge in [0.1, 0.15) is 5.60 Å². The van der Waals surface area contributed by atoms with E-state index in [0.29, 0.717) is 12.1 Å². The molecule has 0 radical (unpaired) electrons. The van der Waals surface area contributed by atoms with E-state index < -0.39 is 5.60 Å². The molecule has 4 heteroatoms. The lowest BCUT2D eigenvalue weighted by Crippen LogP contribution is -2.26. The van der Waals surface area contributed by atoms with Crippen LogP contribution in [0.4, 0.5) is 0 Å². The largest absolute Gasteiger partial charge is 0.379 e. The van der Waals surface area contributed by atoms with Gasteiger partial charge in [-0.3, -0.25) is 4.68 Å². The molecule has 0 spiro atoms. The highest BCUT2D eigenvalue weighted by molar-refractivity contribution is 5.45. The van der Waals surface area contributed by atoms with Gasteiger partial charge < -0.3 is 10.8 Å². The standard InChI is InChI=1S/C13H15N3O/c1-16-7-6-12(15-16)13(17)8-11(14)9-4-2-3-5-10(9)13/h2-7,11,17H,8,14H2,1H3. The van der Waals surface area contributed by atoms with Gasteiger partial charge in [-0.05, 0) is 17.2 Å². The monoisotopic (exact) mass is 229 g/mol. The number of aryl methyl sites for hydroxylation is 1. The summed E-state index contributed by atoms with van der Waals surface area (Å²) in [6.07, 6.45) is 2.32. The highest BCUT2D eigenvalue weighted by atomic mass is 16.3. The molecule has 0 saturated heterocycles. The molecule has 0 saturated carbocycles. The Bertz CT molecular complexity index is 563. The van der Waals surface area contributed by atoms with Gasteiger partial charge in [-0.2, -0.15) is 5.10 Å². The van der Waals surface area contributed by atoms with Gasteiger partial charge in [0, 0.05) is 25.7 Å². The third-order valence-electron chi connectivity index (χ3n) is 3.46. The minimum Gasteiger partial charge on any atom is -0.379 e. The lowest BCUT2D eigenvalue weighted by molar-refractivity contribution is 0.0724. The maximum Gasteiger partial charge on any atom is 0.135 e. The molecule has 1 aromatic heterocycles. The van der Waals surface area contributed by atoms with Gasteiger partial charge in [-0.1, -0.05) is 24.3 Å². The van der Waals surface area contributed by atoms with Gasteiger partial charge in [-0.25, -0.2) is 0 Å². The van der Waals surface area contributed by atoms with E-state index in [1.807, 2.05) is 43.6 Å². The Balaban J connectivity index is 2.17. The molecule has 17 heavy (non-hydrogen) atoms. The number of hydrogen-bond donors (Lipinski definition) is 2. The molecule has 4 nitrogen and oxygen atoms in total. The summed E-state index contributed by atoms with van der Waals surface area (Å²) in [4.78, 5) is 0. The quantitative estimate of drug-likeness (QED) is 0.768. The van der Waals surface area contributed by atoms with Crippen LogP contribution in [0, 0.1) is 0 Å². The Morgan fingerprint density at radius 1 is 1.41 bits per heavy atom. The van der Waals surface area contributed by atoms with E-state index in [9.17, 15) is 5.11 Å². The molecule has 1 heterocycles. The van der Waals surface area contributed by atoms with E-state index in [4.69, 9.17) is 5.73 Å². The van der Waals surface area contributed by atoms with E-state index in [1.165, 1.54) is 0 Å². The topological polar surface area (TPSA) is 64.1 Å². The summed E-state index contributed by atoms with van der Waals surface area (Å²) >= 11 is 0. The van der Waals surface area contributed by atoms with E-state index >= 15 is 0 Å². The Morgan fingerprint density at radius 2 is 2.18 bits per heavy atom. The molecule has 3 rings (SSSR count). The van der Waals surface area contributed by atoms with Crippen molar-refractivity contribution in [3.63, 3.8) is 0 Å². The Morgan fingerprint density at radius 3 is 2.88 bits per heavy atom. The molecule has 1 aromatic carbocycles. The highest BCUT2D eigenvalue weighted by Gasteiger charge is 2.43. The second-order valence-electron chi connectivity index (χ2n) is 4.63. The maximum absolute atomic E-state index is 10.8. The Labute approximate surface area is 99.7 Å². The van der Waals surface area contributed by atoms with Crippen molar-refractivity contribution in [1.82, 2.24) is 9.78 Å². The van der Waals surface area contributed by atoms with Gasteiger partial charge in [0.25, 0.3) is 0 Å². The lowest BCUT2D eigenvalue weighted by Gasteiger charge is -2.21. The molecule has 1 aliphatic carbocycles. The number of benzene rings is 1. The first-order valence-corrected chi connectivity index (χ1v) is 5.69. The molecule has 2 unspecified atom stereocenters. The van der Waals surface area contributed by atoms with Crippen molar-refractivity contribution in [3.05, 3.63) is 53.3 Å². The second kappa shape index (κ2) is 3.42. The number of hydrogen-bond acceptors (Lipinski definition) is 3. The van der Waals surface area contributed by atoms with E-state index in [2.05, 4.69) is 5.10 Å². The zero-order valence-electron chi connectivity index (χ0n) is 9.67. The van der Waals surface area contributed by atoms with Crippen LogP contribution in [-0.2, 0) is 12.6 Å². The van der Waals surface area contributed by atoms with Crippen LogP contribution in [0.5, 0.6) is 0 Å². The zero-order valence-corrected chi connectivity index (χ0v) is 9.67. The minimum absolute atomic E-state index is 0.127. The Kier molecular flexibility index (Phi) is 2.11. The van der Waals surface area contributed by atoms with Crippen LogP contribution in [-0.4, -0.2) is 14.9 Å². The van der Waals surface area contributed by atoms with Crippen molar-refractivity contribution in [2.75, 3.05) is 0 Å². The molecule has 0 bridgehead atoms. The minimum atomic E-state index is -1.04. The van der Waals surface area contributed by atoms with Crippen molar-refractivity contribution in [3.8, 4) is 0 Å². The van der Waals surface area contributed by atoms with Gasteiger partial charge >= 0.3 is 0 Å². The summed E-state index contributed by atoms with van der Waals surface area (Å²) in [7, 11) is 1.84. The van der Waals surface area contributed by atoms with Crippen molar-refractivity contribution in [1.29, 1.82) is 0 Å². The summed E-state index contributed by atoms with van der Waals surface area (Å²) < 4.78 is 1.69. The van der Waals surface area contributed by atoms with Crippen molar-refractivity contribution >= 4 is 0 Å². The molecule has 3 N–H and O–H groups in total. The molecule has 0 aliphatic heterocycles. The third kappa shape index (κ3) is 1.41. The number of nitrogens with two attached hydrogens (primary N) is 1. The summed E-state index contributed by atoms with van der Waals surface area (Å²) in [6.45, 7) is 0. The Hall–Kier alpha value is -1.65. The average Bonchev–Trinajstić information content (AvgIpc) is 2.85. The van der Waals surface area contributed by atoms with Crippen LogP contribution < -0.4 is 5.73 Å². The molecule has 0 fully saturated rings. The third-order valence-corrected chi connectivity index (χ3v) is 3.46. The lowest BCUT2D eigenvalue weighted by atomic mass is 9.92. The number of aliphatic hydroxyl groups is 1. The fourth-order valence-electron chi connectivity index (χ4n) is 2.61. The summed E-state index contributed by atoms with van der Waals surface area (Å²) in [5.41, 5.74) is 7.59. The predicted molar refractivity (Wildman–Crippen MR) is 64.2 cm³/mol. The summed E-state index contributed by atoms with van der Waals surface area (Å²) in [5.74, 6) is 0. The number of rotatable bonds is 1. The molecule has 88 valence electrons. The SMILES string of the molecule is Cn1ccc(C2(O)CC(N)c3ccccc32)n1. The highest BCUT2D eigenvalue weighted by Crippen LogP contribution is 2.45. The normalized spacial score (nSPS) is 27.1. The predicted octanol–water partition coefficient (Wildman–Crippen LogP) is 1.06. The zero-order chi connectivity index (χ0) is 12.0. The average molecular weight is 229 g/mol. The van der Waals surface area contributed by atoms with Crippen molar-refractivity contribution in [2.24, 2.45) is 12.8 Å². The summed E-state index contributed by atoms with van der Waals surface area (Å²) in [5, 5.41) is 15.2. The first kappa shape index (κ1) is 10.5. The van der Waals surface area contributed by atoms with Crippen LogP contribution in [0.1, 0.15) is 29.3 Å². The van der Waals surface area contributed by atoms with Gasteiger partial charge in [-0.15, -0.1) is 0 Å². The van der Waals surface area contributed by atoms with Crippen LogP contribution in [0.2, 0.25) is 0 Å². The van der Waals surface area contributed by atoms with Crippen LogP contribution in [0.25, 0.3) is 0 Å². The van der Waals surface area contributed by atoms with E-state index in [1.54, 1.807) is 4.68 Å². The van der Waals surface area contributed by atoms with E-state index in [-0.39, 0.29) is 6.04 Å². The van der Waals surface area contributed by atoms with Gasteiger partial charge in [0.05, 0.1) is 5.69 Å². The molecular formula is C13H15N3O. The van der Waals surface area contributed by atoms with Crippen molar-refractivity contribution in [2.45, 2.75) is 18.1 Å². The van der Waals surface area contributed by atoms with Crippen molar-refractivity contribution < 1.29 is 5.11 Å². The van der Waals surface area contributed by atoms with E-state index in [0.717, 1.165) is 11.1 Å². The van der Waals surface area contributed by atoms with Gasteiger partial charge in [0.2, 0.25) is 0 Å². The van der Waals surface area contributed by atoms with Crippen LogP contribution in [0.15, 0.2) is 36.5 Å². The summed E-state index contributed by atoms with van der Waals surface area (Å²) in [6, 6.07) is 9.48. The molecule has 0 amide bonds. The molecule has 1 aliphatic rings. The molecule has 2 atom stereocenters. The fraction of sp³-hybridized carbons (Fsp3) is 0.308. The maximum atomic E-state index is 10.8. The number of aromatic nitrogens is 2. The second-order valence-corrected chi connectivity index (χ2v) is 4.63. The fourth-order valence-corrected chi connectivity index (χ4v) is 2.61. The molecule has 2 aromatic rings. The number of nitrogens with zero attached hydrogens (tertiary/aromatic N) is 2. The van der Waals surface area contributed by atoms with Crippen LogP contribution >= 0.6 is 0 Å². The first-order valence-electron chi connectivity index (χ1n) is 5.69. The van der Waals surface area contributed by atoms with Crippen LogP contribution in [0.3, 0.4) is 0 Å². The first-order chi connectivity index (χ1) is 8.11. The smallest absolute Gasteiger partial charge is 0.135 e.